The van der Waals surface area contributed by atoms with Crippen LogP contribution in [0.3, 0.4) is 0 Å². The molecular weight excluding hydrogens is 291 g/mol. The number of alkyl halides is 1. The topological polar surface area (TPSA) is 43.6 Å². The summed E-state index contributed by atoms with van der Waals surface area (Å²) in [6.07, 6.45) is 4.02. The van der Waals surface area contributed by atoms with Crippen molar-refractivity contribution in [2.45, 2.75) is 19.9 Å². The number of benzene rings is 1. The first-order valence-electron chi connectivity index (χ1n) is 6.66. The molecule has 0 fully saturated rings. The largest absolute Gasteiger partial charge is 0.322 e. The molecule has 6 heteroatoms. The Labute approximate surface area is 126 Å². The van der Waals surface area contributed by atoms with Gasteiger partial charge in [0.15, 0.2) is 5.82 Å². The zero-order chi connectivity index (χ0) is 14.8. The number of aryl methyl sites for hydroxylation is 2. The third kappa shape index (κ3) is 2.74. The number of fused-ring (bicyclic) bond motifs is 1. The maximum absolute atomic E-state index is 13.9. The monoisotopic (exact) mass is 304 g/mol. The van der Waals surface area contributed by atoms with Crippen molar-refractivity contribution in [2.24, 2.45) is 0 Å². The van der Waals surface area contributed by atoms with E-state index in [9.17, 15) is 4.39 Å². The summed E-state index contributed by atoms with van der Waals surface area (Å²) in [5.41, 5.74) is 2.79. The molecule has 0 N–H and O–H groups in total. The molecule has 4 nitrogen and oxygen atoms in total. The van der Waals surface area contributed by atoms with Crippen molar-refractivity contribution in [3.63, 3.8) is 0 Å². The minimum atomic E-state index is -0.322. The summed E-state index contributed by atoms with van der Waals surface area (Å²) in [5, 5.41) is 0. The van der Waals surface area contributed by atoms with Crippen LogP contribution in [0.15, 0.2) is 30.6 Å². The molecule has 0 amide bonds. The molecule has 0 aliphatic carbocycles. The van der Waals surface area contributed by atoms with Crippen LogP contribution in [-0.4, -0.2) is 25.4 Å². The van der Waals surface area contributed by atoms with Gasteiger partial charge < -0.3 is 4.57 Å². The molecule has 2 heterocycles. The van der Waals surface area contributed by atoms with E-state index in [0.717, 1.165) is 22.7 Å². The fraction of sp³-hybridized carbons (Fsp3) is 0.267. The van der Waals surface area contributed by atoms with E-state index in [-0.39, 0.29) is 5.82 Å². The fourth-order valence-electron chi connectivity index (χ4n) is 2.28. The average Bonchev–Trinajstić information content (AvgIpc) is 2.82. The van der Waals surface area contributed by atoms with Gasteiger partial charge in [-0.05, 0) is 19.1 Å². The summed E-state index contributed by atoms with van der Waals surface area (Å²) < 4.78 is 15.8. The van der Waals surface area contributed by atoms with Gasteiger partial charge >= 0.3 is 0 Å². The van der Waals surface area contributed by atoms with Crippen LogP contribution in [0.25, 0.3) is 11.0 Å². The van der Waals surface area contributed by atoms with E-state index in [2.05, 4.69) is 15.0 Å². The number of aromatic nitrogens is 4. The van der Waals surface area contributed by atoms with Gasteiger partial charge in [-0.1, -0.05) is 6.07 Å². The van der Waals surface area contributed by atoms with Crippen LogP contribution in [-0.2, 0) is 13.0 Å². The van der Waals surface area contributed by atoms with E-state index in [1.807, 2.05) is 17.6 Å². The van der Waals surface area contributed by atoms with Crippen molar-refractivity contribution < 1.29 is 4.39 Å². The Morgan fingerprint density at radius 2 is 2.10 bits per heavy atom. The summed E-state index contributed by atoms with van der Waals surface area (Å²) >= 11 is 5.82. The van der Waals surface area contributed by atoms with Gasteiger partial charge in [0.1, 0.15) is 11.3 Å². The van der Waals surface area contributed by atoms with Crippen molar-refractivity contribution >= 4 is 22.6 Å². The molecule has 1 aromatic carbocycles. The molecule has 21 heavy (non-hydrogen) atoms. The number of rotatable bonds is 4. The third-order valence-electron chi connectivity index (χ3n) is 3.28. The summed E-state index contributed by atoms with van der Waals surface area (Å²) in [6, 6.07) is 4.95. The molecule has 0 unspecified atom stereocenters. The Hall–Kier alpha value is -2.01. The summed E-state index contributed by atoms with van der Waals surface area (Å²) in [5.74, 6) is 0.870. The maximum Gasteiger partial charge on any atom is 0.151 e. The molecule has 0 saturated heterocycles. The molecular formula is C15H14ClFN4. The lowest BCUT2D eigenvalue weighted by atomic mass is 10.3. The van der Waals surface area contributed by atoms with Gasteiger partial charge in [-0.2, -0.15) is 0 Å². The van der Waals surface area contributed by atoms with Crippen LogP contribution in [0.2, 0.25) is 0 Å². The second-order valence-electron chi connectivity index (χ2n) is 4.81. The highest BCUT2D eigenvalue weighted by Gasteiger charge is 2.14. The van der Waals surface area contributed by atoms with Gasteiger partial charge in [0.25, 0.3) is 0 Å². The van der Waals surface area contributed by atoms with Crippen LogP contribution in [0, 0.1) is 12.7 Å². The van der Waals surface area contributed by atoms with E-state index >= 15 is 0 Å². The van der Waals surface area contributed by atoms with E-state index in [1.54, 1.807) is 18.5 Å². The number of nitrogens with zero attached hydrogens (tertiary/aromatic N) is 4. The highest BCUT2D eigenvalue weighted by molar-refractivity contribution is 6.17. The van der Waals surface area contributed by atoms with Crippen LogP contribution in [0.1, 0.15) is 17.2 Å². The maximum atomic E-state index is 13.9. The lowest BCUT2D eigenvalue weighted by Gasteiger charge is -2.08. The normalized spacial score (nSPS) is 11.2. The lowest BCUT2D eigenvalue weighted by Crippen LogP contribution is -2.07. The van der Waals surface area contributed by atoms with Gasteiger partial charge in [-0.3, -0.25) is 9.97 Å². The summed E-state index contributed by atoms with van der Waals surface area (Å²) in [7, 11) is 0. The number of para-hydroxylation sites is 1. The van der Waals surface area contributed by atoms with E-state index in [4.69, 9.17) is 11.6 Å². The molecule has 0 spiro atoms. The first kappa shape index (κ1) is 13.9. The lowest BCUT2D eigenvalue weighted by molar-refractivity contribution is 0.637. The van der Waals surface area contributed by atoms with Crippen molar-refractivity contribution in [2.75, 3.05) is 5.88 Å². The van der Waals surface area contributed by atoms with Gasteiger partial charge in [-0.25, -0.2) is 9.37 Å². The van der Waals surface area contributed by atoms with Crippen LogP contribution < -0.4 is 0 Å². The Kier molecular flexibility index (Phi) is 3.84. The molecule has 3 rings (SSSR count). The van der Waals surface area contributed by atoms with E-state index in [1.165, 1.54) is 6.07 Å². The SMILES string of the molecule is Cc1cnc(Cn2c(CCCl)nc3c(F)cccc32)cn1. The van der Waals surface area contributed by atoms with Crippen molar-refractivity contribution in [3.05, 3.63) is 53.6 Å². The summed E-state index contributed by atoms with van der Waals surface area (Å²) in [4.78, 5) is 13.0. The highest BCUT2D eigenvalue weighted by atomic mass is 35.5. The van der Waals surface area contributed by atoms with Crippen LogP contribution in [0.5, 0.6) is 0 Å². The molecule has 0 saturated carbocycles. The first-order chi connectivity index (χ1) is 10.2. The number of hydrogen-bond acceptors (Lipinski definition) is 3. The fourth-order valence-corrected chi connectivity index (χ4v) is 2.44. The molecule has 2 aromatic heterocycles. The number of hydrogen-bond donors (Lipinski definition) is 0. The third-order valence-corrected chi connectivity index (χ3v) is 3.47. The minimum absolute atomic E-state index is 0.322. The molecule has 0 aliphatic heterocycles. The van der Waals surface area contributed by atoms with Crippen molar-refractivity contribution in [3.8, 4) is 0 Å². The highest BCUT2D eigenvalue weighted by Crippen LogP contribution is 2.20. The molecule has 108 valence electrons. The second-order valence-corrected chi connectivity index (χ2v) is 5.19. The van der Waals surface area contributed by atoms with Crippen LogP contribution in [0.4, 0.5) is 4.39 Å². The molecule has 0 bridgehead atoms. The molecule has 0 atom stereocenters. The Balaban J connectivity index is 2.08. The predicted molar refractivity (Wildman–Crippen MR) is 80.0 cm³/mol. The standard InChI is InChI=1S/C15H14ClFN4/c1-10-7-19-11(8-18-10)9-21-13-4-2-3-12(17)15(13)20-14(21)5-6-16/h2-4,7-8H,5-6,9H2,1H3. The van der Waals surface area contributed by atoms with Gasteiger partial charge in [0, 0.05) is 18.5 Å². The zero-order valence-corrected chi connectivity index (χ0v) is 12.3. The second kappa shape index (κ2) is 5.77. The minimum Gasteiger partial charge on any atom is -0.322 e. The molecule has 0 radical (unpaired) electrons. The Morgan fingerprint density at radius 1 is 1.24 bits per heavy atom. The van der Waals surface area contributed by atoms with E-state index < -0.39 is 0 Å². The molecule has 0 aliphatic rings. The number of imidazole rings is 1. The summed E-state index contributed by atoms with van der Waals surface area (Å²) in [6.45, 7) is 2.39. The van der Waals surface area contributed by atoms with Gasteiger partial charge in [0.2, 0.25) is 0 Å². The number of halogens is 2. The Bertz CT molecular complexity index is 767. The van der Waals surface area contributed by atoms with E-state index in [0.29, 0.717) is 24.4 Å². The first-order valence-corrected chi connectivity index (χ1v) is 7.19. The average molecular weight is 305 g/mol. The quantitative estimate of drug-likeness (QED) is 0.696. The van der Waals surface area contributed by atoms with Gasteiger partial charge in [0.05, 0.1) is 29.6 Å². The zero-order valence-electron chi connectivity index (χ0n) is 11.6. The van der Waals surface area contributed by atoms with Gasteiger partial charge in [-0.15, -0.1) is 11.6 Å². The predicted octanol–water partition coefficient (Wildman–Crippen LogP) is 3.10. The smallest absolute Gasteiger partial charge is 0.151 e. The van der Waals surface area contributed by atoms with Crippen molar-refractivity contribution in [1.82, 2.24) is 19.5 Å². The molecule has 3 aromatic rings. The van der Waals surface area contributed by atoms with Crippen molar-refractivity contribution in [1.29, 1.82) is 0 Å². The van der Waals surface area contributed by atoms with Crippen LogP contribution >= 0.6 is 11.6 Å². The Morgan fingerprint density at radius 3 is 2.81 bits per heavy atom.